The van der Waals surface area contributed by atoms with Crippen molar-refractivity contribution in [2.75, 3.05) is 33.9 Å². The number of hydrogen-bond acceptors (Lipinski definition) is 4. The highest BCUT2D eigenvalue weighted by atomic mass is 16.2. The number of aliphatic imine (C=N–C) groups is 1. The molecular formula is C11H26N6O. The SMILES string of the molecule is CCN(C)CN(C)C(=O)[C@@H](N)CCCN=C(N)N. The van der Waals surface area contributed by atoms with Gasteiger partial charge in [-0.15, -0.1) is 0 Å². The Kier molecular flexibility index (Phi) is 8.06. The second-order valence-corrected chi connectivity index (χ2v) is 4.41. The molecule has 0 saturated heterocycles. The molecule has 0 radical (unpaired) electrons. The van der Waals surface area contributed by atoms with Gasteiger partial charge in [0.25, 0.3) is 0 Å². The summed E-state index contributed by atoms with van der Waals surface area (Å²) in [5.74, 6) is 0.0107. The Balaban J connectivity index is 3.98. The first-order valence-electron chi connectivity index (χ1n) is 6.13. The van der Waals surface area contributed by atoms with Crippen molar-refractivity contribution >= 4 is 11.9 Å². The van der Waals surface area contributed by atoms with Gasteiger partial charge in [-0.05, 0) is 26.4 Å². The summed E-state index contributed by atoms with van der Waals surface area (Å²) in [6.07, 6.45) is 1.28. The molecule has 7 heteroatoms. The smallest absolute Gasteiger partial charge is 0.240 e. The van der Waals surface area contributed by atoms with E-state index >= 15 is 0 Å². The predicted octanol–water partition coefficient (Wildman–Crippen LogP) is -1.27. The van der Waals surface area contributed by atoms with Crippen LogP contribution in [0.25, 0.3) is 0 Å². The normalized spacial score (nSPS) is 12.3. The Morgan fingerprint density at radius 3 is 2.44 bits per heavy atom. The second-order valence-electron chi connectivity index (χ2n) is 4.41. The minimum Gasteiger partial charge on any atom is -0.370 e. The number of rotatable bonds is 8. The number of nitrogens with zero attached hydrogens (tertiary/aromatic N) is 3. The topological polar surface area (TPSA) is 114 Å². The van der Waals surface area contributed by atoms with E-state index in [4.69, 9.17) is 17.2 Å². The number of amides is 1. The van der Waals surface area contributed by atoms with Crippen LogP contribution in [0.4, 0.5) is 0 Å². The lowest BCUT2D eigenvalue weighted by molar-refractivity contribution is -0.133. The van der Waals surface area contributed by atoms with Gasteiger partial charge in [0.05, 0.1) is 12.7 Å². The molecule has 0 spiro atoms. The van der Waals surface area contributed by atoms with Crippen LogP contribution in [-0.4, -0.2) is 61.6 Å². The Morgan fingerprint density at radius 1 is 1.33 bits per heavy atom. The van der Waals surface area contributed by atoms with Gasteiger partial charge in [-0.2, -0.15) is 0 Å². The maximum absolute atomic E-state index is 11.9. The molecule has 0 aromatic carbocycles. The van der Waals surface area contributed by atoms with E-state index < -0.39 is 6.04 Å². The molecule has 6 N–H and O–H groups in total. The molecule has 0 bridgehead atoms. The van der Waals surface area contributed by atoms with Crippen LogP contribution >= 0.6 is 0 Å². The molecule has 0 aromatic heterocycles. The summed E-state index contributed by atoms with van der Waals surface area (Å²) in [6.45, 7) is 4.00. The molecule has 0 aliphatic rings. The van der Waals surface area contributed by atoms with Crippen molar-refractivity contribution in [3.8, 4) is 0 Å². The van der Waals surface area contributed by atoms with Gasteiger partial charge >= 0.3 is 0 Å². The molecule has 0 fully saturated rings. The first kappa shape index (κ1) is 16.7. The van der Waals surface area contributed by atoms with E-state index in [1.165, 1.54) is 0 Å². The summed E-state index contributed by atoms with van der Waals surface area (Å²) < 4.78 is 0. The molecule has 0 aliphatic carbocycles. The predicted molar refractivity (Wildman–Crippen MR) is 73.8 cm³/mol. The fourth-order valence-corrected chi connectivity index (χ4v) is 1.46. The van der Waals surface area contributed by atoms with Crippen LogP contribution < -0.4 is 17.2 Å². The summed E-state index contributed by atoms with van der Waals surface area (Å²) in [5, 5.41) is 0. The lowest BCUT2D eigenvalue weighted by Gasteiger charge is -2.25. The zero-order valence-corrected chi connectivity index (χ0v) is 11.6. The van der Waals surface area contributed by atoms with Crippen molar-refractivity contribution in [3.05, 3.63) is 0 Å². The van der Waals surface area contributed by atoms with Gasteiger partial charge in [0.1, 0.15) is 0 Å². The van der Waals surface area contributed by atoms with E-state index in [1.807, 2.05) is 18.9 Å². The highest BCUT2D eigenvalue weighted by molar-refractivity contribution is 5.81. The minimum atomic E-state index is -0.491. The van der Waals surface area contributed by atoms with Crippen molar-refractivity contribution in [2.24, 2.45) is 22.2 Å². The standard InChI is InChI=1S/C11H26N6O/c1-4-16(2)8-17(3)10(18)9(12)6-5-7-15-11(13)14/h9H,4-8,12H2,1-3H3,(H4,13,14,15)/t9-/m0/s1. The molecular weight excluding hydrogens is 232 g/mol. The van der Waals surface area contributed by atoms with E-state index in [0.29, 0.717) is 26.1 Å². The summed E-state index contributed by atoms with van der Waals surface area (Å²) in [6, 6.07) is -0.491. The molecule has 0 aromatic rings. The zero-order valence-electron chi connectivity index (χ0n) is 11.6. The summed E-state index contributed by atoms with van der Waals surface area (Å²) in [5.41, 5.74) is 16.2. The van der Waals surface area contributed by atoms with Gasteiger partial charge < -0.3 is 22.1 Å². The van der Waals surface area contributed by atoms with Crippen LogP contribution in [0.1, 0.15) is 19.8 Å². The molecule has 0 heterocycles. The van der Waals surface area contributed by atoms with Crippen LogP contribution in [0.5, 0.6) is 0 Å². The van der Waals surface area contributed by atoms with Crippen molar-refractivity contribution < 1.29 is 4.79 Å². The average molecular weight is 258 g/mol. The van der Waals surface area contributed by atoms with Gasteiger partial charge in [-0.25, -0.2) is 0 Å². The highest BCUT2D eigenvalue weighted by Gasteiger charge is 2.17. The summed E-state index contributed by atoms with van der Waals surface area (Å²) in [4.78, 5) is 19.4. The summed E-state index contributed by atoms with van der Waals surface area (Å²) in [7, 11) is 3.71. The molecule has 0 saturated carbocycles. The van der Waals surface area contributed by atoms with Crippen LogP contribution in [0.15, 0.2) is 4.99 Å². The molecule has 0 rings (SSSR count). The van der Waals surface area contributed by atoms with Crippen LogP contribution in [0, 0.1) is 0 Å². The lowest BCUT2D eigenvalue weighted by atomic mass is 10.1. The number of guanidine groups is 1. The third kappa shape index (κ3) is 7.08. The average Bonchev–Trinajstić information content (AvgIpc) is 2.32. The molecule has 106 valence electrons. The number of nitrogens with two attached hydrogens (primary N) is 3. The van der Waals surface area contributed by atoms with Crippen LogP contribution in [0.3, 0.4) is 0 Å². The Labute approximate surface area is 109 Å². The summed E-state index contributed by atoms with van der Waals surface area (Å²) >= 11 is 0. The molecule has 1 amide bonds. The zero-order chi connectivity index (χ0) is 14.1. The van der Waals surface area contributed by atoms with Gasteiger partial charge in [-0.3, -0.25) is 14.7 Å². The molecule has 7 nitrogen and oxygen atoms in total. The lowest BCUT2D eigenvalue weighted by Crippen LogP contribution is -2.45. The number of likely N-dealkylation sites (N-methyl/N-ethyl adjacent to an activating group) is 1. The van der Waals surface area contributed by atoms with E-state index in [0.717, 1.165) is 6.54 Å². The highest BCUT2D eigenvalue weighted by Crippen LogP contribution is 2.00. The van der Waals surface area contributed by atoms with E-state index in [2.05, 4.69) is 4.99 Å². The van der Waals surface area contributed by atoms with Gasteiger partial charge in [-0.1, -0.05) is 6.92 Å². The molecule has 18 heavy (non-hydrogen) atoms. The Morgan fingerprint density at radius 2 is 1.94 bits per heavy atom. The van der Waals surface area contributed by atoms with Crippen molar-refractivity contribution in [2.45, 2.75) is 25.8 Å². The van der Waals surface area contributed by atoms with E-state index in [9.17, 15) is 4.79 Å². The quantitative estimate of drug-likeness (QED) is 0.217. The van der Waals surface area contributed by atoms with Gasteiger partial charge in [0, 0.05) is 13.6 Å². The first-order valence-corrected chi connectivity index (χ1v) is 6.13. The third-order valence-electron chi connectivity index (χ3n) is 2.65. The van der Waals surface area contributed by atoms with Gasteiger partial charge in [0.15, 0.2) is 5.96 Å². The molecule has 0 unspecified atom stereocenters. The number of carbonyl (C=O) groups is 1. The van der Waals surface area contributed by atoms with Gasteiger partial charge in [0.2, 0.25) is 5.91 Å². The fourth-order valence-electron chi connectivity index (χ4n) is 1.46. The van der Waals surface area contributed by atoms with E-state index in [1.54, 1.807) is 11.9 Å². The van der Waals surface area contributed by atoms with Crippen molar-refractivity contribution in [1.29, 1.82) is 0 Å². The molecule has 1 atom stereocenters. The number of carbonyl (C=O) groups excluding carboxylic acids is 1. The van der Waals surface area contributed by atoms with Crippen LogP contribution in [0.2, 0.25) is 0 Å². The molecule has 0 aliphatic heterocycles. The second kappa shape index (κ2) is 8.71. The maximum atomic E-state index is 11.9. The largest absolute Gasteiger partial charge is 0.370 e. The number of hydrogen-bond donors (Lipinski definition) is 3. The Hall–Kier alpha value is -1.34. The van der Waals surface area contributed by atoms with Crippen molar-refractivity contribution in [3.63, 3.8) is 0 Å². The minimum absolute atomic E-state index is 0.0556. The fraction of sp³-hybridized carbons (Fsp3) is 0.818. The maximum Gasteiger partial charge on any atom is 0.240 e. The van der Waals surface area contributed by atoms with E-state index in [-0.39, 0.29) is 11.9 Å². The first-order chi connectivity index (χ1) is 8.38. The van der Waals surface area contributed by atoms with Crippen LogP contribution in [-0.2, 0) is 4.79 Å². The van der Waals surface area contributed by atoms with Crippen molar-refractivity contribution in [1.82, 2.24) is 9.80 Å². The Bertz CT molecular complexity index is 277. The third-order valence-corrected chi connectivity index (χ3v) is 2.65. The monoisotopic (exact) mass is 258 g/mol.